The Bertz CT molecular complexity index is 556. The van der Waals surface area contributed by atoms with Gasteiger partial charge < -0.3 is 0 Å². The fraction of sp³-hybridized carbons (Fsp3) is 0.625. The summed E-state index contributed by atoms with van der Waals surface area (Å²) in [6.07, 6.45) is 3.64. The maximum absolute atomic E-state index is 12.6. The van der Waals surface area contributed by atoms with E-state index in [4.69, 9.17) is 11.6 Å². The van der Waals surface area contributed by atoms with E-state index in [2.05, 4.69) is 13.8 Å². The molecule has 1 aliphatic rings. The Hall–Kier alpha value is -0.580. The van der Waals surface area contributed by atoms with Gasteiger partial charge in [-0.15, -0.1) is 11.6 Å². The van der Waals surface area contributed by atoms with Gasteiger partial charge in [0.1, 0.15) is 0 Å². The summed E-state index contributed by atoms with van der Waals surface area (Å²) in [5.74, 6) is 0.629. The number of aryl methyl sites for hydroxylation is 1. The lowest BCUT2D eigenvalue weighted by Gasteiger charge is -2.36. The maximum Gasteiger partial charge on any atom is 0.243 e. The second-order valence-electron chi connectivity index (χ2n) is 6.50. The predicted molar refractivity (Wildman–Crippen MR) is 87.3 cm³/mol. The van der Waals surface area contributed by atoms with Crippen molar-refractivity contribution in [3.8, 4) is 0 Å². The number of hydrogen-bond donors (Lipinski definition) is 0. The second kappa shape index (κ2) is 6.67. The molecule has 1 aliphatic heterocycles. The van der Waals surface area contributed by atoms with Crippen LogP contribution in [0.25, 0.3) is 0 Å². The Kier molecular flexibility index (Phi) is 5.33. The van der Waals surface area contributed by atoms with Gasteiger partial charge in [-0.3, -0.25) is 0 Å². The van der Waals surface area contributed by atoms with E-state index in [9.17, 15) is 8.42 Å². The van der Waals surface area contributed by atoms with Crippen molar-refractivity contribution in [1.29, 1.82) is 0 Å². The Morgan fingerprint density at radius 3 is 2.24 bits per heavy atom. The van der Waals surface area contributed by atoms with Gasteiger partial charge in [-0.1, -0.05) is 26.0 Å². The lowest BCUT2D eigenvalue weighted by atomic mass is 9.83. The van der Waals surface area contributed by atoms with Crippen LogP contribution in [0.2, 0.25) is 0 Å². The Balaban J connectivity index is 2.09. The van der Waals surface area contributed by atoms with Crippen molar-refractivity contribution in [2.75, 3.05) is 19.0 Å². The van der Waals surface area contributed by atoms with Crippen LogP contribution >= 0.6 is 11.6 Å². The molecular formula is C16H24ClNO2S. The van der Waals surface area contributed by atoms with Crippen molar-refractivity contribution >= 4 is 21.6 Å². The molecule has 5 heteroatoms. The number of alkyl halides is 1. The van der Waals surface area contributed by atoms with Gasteiger partial charge in [0, 0.05) is 19.0 Å². The van der Waals surface area contributed by atoms with Crippen LogP contribution in [0.3, 0.4) is 0 Å². The van der Waals surface area contributed by atoms with Crippen molar-refractivity contribution in [2.24, 2.45) is 5.41 Å². The molecule has 0 saturated carbocycles. The molecule has 0 spiro atoms. The summed E-state index contributed by atoms with van der Waals surface area (Å²) in [6.45, 7) is 5.62. The van der Waals surface area contributed by atoms with Crippen molar-refractivity contribution in [1.82, 2.24) is 4.31 Å². The summed E-state index contributed by atoms with van der Waals surface area (Å²) in [5.41, 5.74) is 1.38. The SMILES string of the molecule is CC1(C)CCN(S(=O)(=O)c2ccc(CCCCl)cc2)CC1. The summed E-state index contributed by atoms with van der Waals surface area (Å²) < 4.78 is 26.9. The first kappa shape index (κ1) is 16.8. The van der Waals surface area contributed by atoms with Gasteiger partial charge in [-0.2, -0.15) is 4.31 Å². The van der Waals surface area contributed by atoms with Gasteiger partial charge in [0.05, 0.1) is 4.90 Å². The Labute approximate surface area is 133 Å². The topological polar surface area (TPSA) is 37.4 Å². The lowest BCUT2D eigenvalue weighted by Crippen LogP contribution is -2.41. The third-order valence-corrected chi connectivity index (χ3v) is 6.42. The van der Waals surface area contributed by atoms with E-state index in [0.717, 1.165) is 31.2 Å². The molecular weight excluding hydrogens is 306 g/mol. The lowest BCUT2D eigenvalue weighted by molar-refractivity contribution is 0.196. The summed E-state index contributed by atoms with van der Waals surface area (Å²) in [4.78, 5) is 0.400. The second-order valence-corrected chi connectivity index (χ2v) is 8.82. The van der Waals surface area contributed by atoms with Gasteiger partial charge in [0.25, 0.3) is 0 Å². The molecule has 0 aliphatic carbocycles. The van der Waals surface area contributed by atoms with E-state index in [1.165, 1.54) is 0 Å². The average Bonchev–Trinajstić information content (AvgIpc) is 2.45. The van der Waals surface area contributed by atoms with E-state index < -0.39 is 10.0 Å². The fourth-order valence-electron chi connectivity index (χ4n) is 2.58. The third-order valence-electron chi connectivity index (χ3n) is 4.24. The normalized spacial score (nSPS) is 19.6. The van der Waals surface area contributed by atoms with Gasteiger partial charge >= 0.3 is 0 Å². The van der Waals surface area contributed by atoms with Gasteiger partial charge in [0.15, 0.2) is 0 Å². The summed E-state index contributed by atoms with van der Waals surface area (Å²) >= 11 is 5.68. The van der Waals surface area contributed by atoms with E-state index in [1.54, 1.807) is 16.4 Å². The summed E-state index contributed by atoms with van der Waals surface area (Å²) in [6, 6.07) is 7.23. The number of halogens is 1. The van der Waals surface area contributed by atoms with Gasteiger partial charge in [-0.05, 0) is 48.8 Å². The number of piperidine rings is 1. The van der Waals surface area contributed by atoms with Crippen molar-refractivity contribution in [3.63, 3.8) is 0 Å². The first-order valence-corrected chi connectivity index (χ1v) is 9.48. The van der Waals surface area contributed by atoms with Gasteiger partial charge in [0.2, 0.25) is 10.0 Å². The smallest absolute Gasteiger partial charge is 0.207 e. The monoisotopic (exact) mass is 329 g/mol. The van der Waals surface area contributed by atoms with Crippen molar-refractivity contribution in [3.05, 3.63) is 29.8 Å². The zero-order valence-electron chi connectivity index (χ0n) is 12.8. The number of hydrogen-bond acceptors (Lipinski definition) is 2. The highest BCUT2D eigenvalue weighted by molar-refractivity contribution is 7.89. The molecule has 21 heavy (non-hydrogen) atoms. The molecule has 1 heterocycles. The maximum atomic E-state index is 12.6. The minimum absolute atomic E-state index is 0.247. The zero-order valence-corrected chi connectivity index (χ0v) is 14.4. The number of benzene rings is 1. The average molecular weight is 330 g/mol. The van der Waals surface area contributed by atoms with Crippen LogP contribution in [0.4, 0.5) is 0 Å². The third kappa shape index (κ3) is 4.21. The molecule has 0 bridgehead atoms. The van der Waals surface area contributed by atoms with E-state index in [0.29, 0.717) is 23.9 Å². The molecule has 0 atom stereocenters. The highest BCUT2D eigenvalue weighted by atomic mass is 35.5. The quantitative estimate of drug-likeness (QED) is 0.773. The van der Waals surface area contributed by atoms with Gasteiger partial charge in [-0.25, -0.2) is 8.42 Å². The van der Waals surface area contributed by atoms with Crippen LogP contribution < -0.4 is 0 Å². The van der Waals surface area contributed by atoms with E-state index in [1.807, 2.05) is 12.1 Å². The largest absolute Gasteiger partial charge is 0.243 e. The molecule has 0 unspecified atom stereocenters. The molecule has 0 amide bonds. The number of nitrogens with zero attached hydrogens (tertiary/aromatic N) is 1. The van der Waals surface area contributed by atoms with Crippen LogP contribution in [-0.2, 0) is 16.4 Å². The van der Waals surface area contributed by atoms with Crippen LogP contribution in [0.15, 0.2) is 29.2 Å². The zero-order chi connectivity index (χ0) is 15.5. The molecule has 3 nitrogen and oxygen atoms in total. The van der Waals surface area contributed by atoms with Crippen LogP contribution in [0, 0.1) is 5.41 Å². The molecule has 0 aromatic heterocycles. The summed E-state index contributed by atoms with van der Waals surface area (Å²) in [5, 5.41) is 0. The summed E-state index contributed by atoms with van der Waals surface area (Å²) in [7, 11) is -3.34. The first-order chi connectivity index (χ1) is 9.85. The van der Waals surface area contributed by atoms with Crippen LogP contribution in [0.1, 0.15) is 38.7 Å². The minimum atomic E-state index is -3.34. The standard InChI is InChI=1S/C16H24ClNO2S/c1-16(2)9-12-18(13-10-16)21(19,20)15-7-5-14(6-8-15)4-3-11-17/h5-8H,3-4,9-13H2,1-2H3. The minimum Gasteiger partial charge on any atom is -0.207 e. The Morgan fingerprint density at radius 2 is 1.71 bits per heavy atom. The highest BCUT2D eigenvalue weighted by Gasteiger charge is 2.32. The molecule has 0 N–H and O–H groups in total. The molecule has 1 saturated heterocycles. The fourth-order valence-corrected chi connectivity index (χ4v) is 4.16. The first-order valence-electron chi connectivity index (χ1n) is 7.50. The van der Waals surface area contributed by atoms with E-state index in [-0.39, 0.29) is 5.41 Å². The van der Waals surface area contributed by atoms with E-state index >= 15 is 0 Å². The van der Waals surface area contributed by atoms with Crippen LogP contribution in [-0.4, -0.2) is 31.7 Å². The number of sulfonamides is 1. The Morgan fingerprint density at radius 1 is 1.14 bits per heavy atom. The van der Waals surface area contributed by atoms with Crippen LogP contribution in [0.5, 0.6) is 0 Å². The van der Waals surface area contributed by atoms with Crippen molar-refractivity contribution in [2.45, 2.75) is 44.4 Å². The number of rotatable bonds is 5. The molecule has 2 rings (SSSR count). The molecule has 118 valence electrons. The molecule has 1 aromatic rings. The molecule has 0 radical (unpaired) electrons. The van der Waals surface area contributed by atoms with Crippen molar-refractivity contribution < 1.29 is 8.42 Å². The highest BCUT2D eigenvalue weighted by Crippen LogP contribution is 2.32. The molecule has 1 fully saturated rings. The molecule has 1 aromatic carbocycles. The predicted octanol–water partition coefficient (Wildman–Crippen LogP) is 3.67.